The van der Waals surface area contributed by atoms with E-state index in [-0.39, 0.29) is 26.5 Å². The molecule has 0 aromatic carbocycles. The van der Waals surface area contributed by atoms with Gasteiger partial charge in [-0.1, -0.05) is 0 Å². The molecule has 0 bridgehead atoms. The topological polar surface area (TPSA) is 110 Å². The van der Waals surface area contributed by atoms with E-state index in [1.54, 1.807) is 0 Å². The summed E-state index contributed by atoms with van der Waals surface area (Å²) in [5.74, 6) is -4.37. The summed E-state index contributed by atoms with van der Waals surface area (Å²) in [7, 11) is 0. The van der Waals surface area contributed by atoms with Gasteiger partial charge in [-0.3, -0.25) is 0 Å². The maximum absolute atomic E-state index is 8.93. The smallest absolute Gasteiger partial charge is 0.0870 e. The number of carboxylic acids is 2. The van der Waals surface area contributed by atoms with Gasteiger partial charge < -0.3 is 25.3 Å². The fourth-order valence-electron chi connectivity index (χ4n) is 0. The third kappa shape index (κ3) is 9.14. The van der Waals surface area contributed by atoms with E-state index in [9.17, 15) is 0 Å². The van der Waals surface area contributed by atoms with Gasteiger partial charge in [-0.2, -0.15) is 0 Å². The molecule has 0 aliphatic heterocycles. The normalized spacial score (nSPS) is 5.50. The molecule has 52 valence electrons. The van der Waals surface area contributed by atoms with Crippen molar-refractivity contribution in [3.8, 4) is 0 Å². The summed E-state index contributed by atoms with van der Waals surface area (Å²) in [6, 6.07) is 0. The maximum atomic E-state index is 8.93. The Labute approximate surface area is 58.9 Å². The van der Waals surface area contributed by atoms with Crippen molar-refractivity contribution in [3.05, 3.63) is 0 Å². The van der Waals surface area contributed by atoms with Gasteiger partial charge >= 0.3 is 0 Å². The van der Waals surface area contributed by atoms with Gasteiger partial charge in [0.1, 0.15) is 0 Å². The Morgan fingerprint density at radius 1 is 1.00 bits per heavy atom. The minimum atomic E-state index is -2.19. The molecule has 8 heavy (non-hydrogen) atoms. The minimum absolute atomic E-state index is 0. The van der Waals surface area contributed by atoms with Crippen LogP contribution < -0.4 is 10.2 Å². The molecule has 0 amide bonds. The van der Waals surface area contributed by atoms with Crippen molar-refractivity contribution in [1.29, 1.82) is 0 Å². The zero-order valence-corrected chi connectivity index (χ0v) is 5.67. The van der Waals surface area contributed by atoms with Crippen molar-refractivity contribution >= 4 is 11.9 Å². The van der Waals surface area contributed by atoms with Crippen LogP contribution in [0, 0.1) is 0 Å². The number of carbonyl (C=O) groups is 2. The zero-order chi connectivity index (χ0) is 5.15. The average Bonchev–Trinajstić information content (AvgIpc) is 1.36. The van der Waals surface area contributed by atoms with Crippen LogP contribution in [-0.4, -0.2) is 17.4 Å². The predicted octanol–water partition coefficient (Wildman–Crippen LogP) is -3.69. The molecule has 0 spiro atoms. The molecule has 0 saturated heterocycles. The van der Waals surface area contributed by atoms with E-state index in [0.29, 0.717) is 0 Å². The molecule has 0 heterocycles. The maximum Gasteiger partial charge on any atom is 0.0870 e. The van der Waals surface area contributed by atoms with Crippen LogP contribution in [0.4, 0.5) is 0 Å². The van der Waals surface area contributed by atoms with E-state index in [1.165, 1.54) is 0 Å². The van der Waals surface area contributed by atoms with E-state index in [2.05, 4.69) is 0 Å². The first kappa shape index (κ1) is 15.6. The van der Waals surface area contributed by atoms with Gasteiger partial charge in [0.15, 0.2) is 0 Å². The Hall–Kier alpha value is -0.412. The van der Waals surface area contributed by atoms with Crippen LogP contribution in [0.1, 0.15) is 0 Å². The summed E-state index contributed by atoms with van der Waals surface area (Å²) >= 11 is 0. The van der Waals surface area contributed by atoms with Gasteiger partial charge in [0.25, 0.3) is 0 Å². The first-order chi connectivity index (χ1) is 2.64. The zero-order valence-electron chi connectivity index (χ0n) is 3.40. The summed E-state index contributed by atoms with van der Waals surface area (Å²) in [5.41, 5.74) is 0. The van der Waals surface area contributed by atoms with Crippen molar-refractivity contribution in [2.45, 2.75) is 0 Å². The van der Waals surface area contributed by atoms with Crippen molar-refractivity contribution in [2.75, 3.05) is 0 Å². The summed E-state index contributed by atoms with van der Waals surface area (Å²) in [6.45, 7) is 0. The number of hydrogen-bond donors (Lipinski definition) is 0. The Morgan fingerprint density at radius 3 is 1.12 bits per heavy atom. The van der Waals surface area contributed by atoms with Crippen molar-refractivity contribution in [1.82, 2.24) is 0 Å². The van der Waals surface area contributed by atoms with Crippen molar-refractivity contribution in [3.63, 3.8) is 0 Å². The molecule has 0 aliphatic rings. The Bertz CT molecular complexity index is 76.4. The molecule has 0 aromatic rings. The molecular formula is C2HO5Pt-3. The van der Waals surface area contributed by atoms with Crippen LogP contribution in [0.25, 0.3) is 0 Å². The second-order valence-corrected chi connectivity index (χ2v) is 0.575. The third-order valence-corrected chi connectivity index (χ3v) is 0.167. The van der Waals surface area contributed by atoms with E-state index < -0.39 is 11.9 Å². The molecule has 0 rings (SSSR count). The molecular weight excluding hydrogens is 299 g/mol. The quantitative estimate of drug-likeness (QED) is 0.428. The SMILES string of the molecule is O=C([O-])C(=O)[O-].[OH-].[Pt]. The van der Waals surface area contributed by atoms with Gasteiger partial charge in [-0.25, -0.2) is 0 Å². The summed E-state index contributed by atoms with van der Waals surface area (Å²) in [6.07, 6.45) is 0. The Morgan fingerprint density at radius 2 is 1.12 bits per heavy atom. The van der Waals surface area contributed by atoms with Crippen LogP contribution in [0.3, 0.4) is 0 Å². The van der Waals surface area contributed by atoms with Crippen LogP contribution in [-0.2, 0) is 30.7 Å². The summed E-state index contributed by atoms with van der Waals surface area (Å²) in [5, 5.41) is 17.9. The van der Waals surface area contributed by atoms with Crippen LogP contribution in [0.15, 0.2) is 0 Å². The number of rotatable bonds is 0. The number of aliphatic carboxylic acids is 2. The van der Waals surface area contributed by atoms with Crippen molar-refractivity contribution in [2.24, 2.45) is 0 Å². The monoisotopic (exact) mass is 300 g/mol. The number of carboxylic acid groups (broad SMARTS) is 2. The molecule has 0 fully saturated rings. The number of carbonyl (C=O) groups excluding carboxylic acids is 2. The molecule has 1 N–H and O–H groups in total. The molecule has 6 heteroatoms. The first-order valence-corrected chi connectivity index (χ1v) is 1.07. The first-order valence-electron chi connectivity index (χ1n) is 1.07. The van der Waals surface area contributed by atoms with Gasteiger partial charge in [-0.05, 0) is 0 Å². The third-order valence-electron chi connectivity index (χ3n) is 0.167. The van der Waals surface area contributed by atoms with Crippen LogP contribution >= 0.6 is 0 Å². The molecule has 0 aromatic heterocycles. The number of hydrogen-bond acceptors (Lipinski definition) is 5. The van der Waals surface area contributed by atoms with Gasteiger partial charge in [0.05, 0.1) is 11.9 Å². The second-order valence-electron chi connectivity index (χ2n) is 0.575. The molecule has 5 nitrogen and oxygen atoms in total. The Balaban J connectivity index is -0.000000125. The molecule has 0 unspecified atom stereocenters. The van der Waals surface area contributed by atoms with Crippen molar-refractivity contribution < 1.29 is 46.3 Å². The molecule has 0 radical (unpaired) electrons. The standard InChI is InChI=1S/C2H2O4.H2O.Pt/c3-1(4)2(5)6;;/h(H,3,4)(H,5,6);1H2;/p-3. The second kappa shape index (κ2) is 6.59. The Kier molecular flexibility index (Phi) is 12.9. The van der Waals surface area contributed by atoms with Crippen LogP contribution in [0.2, 0.25) is 0 Å². The minimum Gasteiger partial charge on any atom is -0.870 e. The average molecular weight is 300 g/mol. The predicted molar refractivity (Wildman–Crippen MR) is 11.9 cm³/mol. The molecule has 0 atom stereocenters. The van der Waals surface area contributed by atoms with E-state index >= 15 is 0 Å². The fraction of sp³-hybridized carbons (Fsp3) is 0. The molecule has 0 aliphatic carbocycles. The van der Waals surface area contributed by atoms with E-state index in [1.807, 2.05) is 0 Å². The largest absolute Gasteiger partial charge is 0.870 e. The fourth-order valence-corrected chi connectivity index (χ4v) is 0. The van der Waals surface area contributed by atoms with Crippen LogP contribution in [0.5, 0.6) is 0 Å². The van der Waals surface area contributed by atoms with E-state index in [0.717, 1.165) is 0 Å². The van der Waals surface area contributed by atoms with E-state index in [4.69, 9.17) is 19.8 Å². The summed E-state index contributed by atoms with van der Waals surface area (Å²) < 4.78 is 0. The van der Waals surface area contributed by atoms with Gasteiger partial charge in [-0.15, -0.1) is 0 Å². The summed E-state index contributed by atoms with van der Waals surface area (Å²) in [4.78, 5) is 17.9. The molecule has 0 saturated carbocycles. The van der Waals surface area contributed by atoms with Gasteiger partial charge in [0.2, 0.25) is 0 Å². The van der Waals surface area contributed by atoms with Gasteiger partial charge in [0, 0.05) is 21.1 Å².